The number of allylic oxidation sites excluding steroid dienone is 2. The lowest BCUT2D eigenvalue weighted by Gasteiger charge is -2.30. The predicted octanol–water partition coefficient (Wildman–Crippen LogP) is 5.07. The van der Waals surface area contributed by atoms with Crippen molar-refractivity contribution in [1.29, 1.82) is 0 Å². The Hall–Kier alpha value is -1.98. The molecule has 3 nitrogen and oxygen atoms in total. The molecule has 2 heterocycles. The second kappa shape index (κ2) is 7.10. The molecule has 2 aromatic heterocycles. The molecule has 4 rings (SSSR count). The Kier molecular flexibility index (Phi) is 4.68. The van der Waals surface area contributed by atoms with Crippen LogP contribution < -0.4 is 0 Å². The van der Waals surface area contributed by atoms with Gasteiger partial charge in [0.1, 0.15) is 0 Å². The lowest BCUT2D eigenvalue weighted by atomic mass is 9.82. The van der Waals surface area contributed by atoms with Gasteiger partial charge in [0.2, 0.25) is 5.91 Å². The minimum atomic E-state index is -0.0193. The zero-order chi connectivity index (χ0) is 17.2. The Bertz CT molecular complexity index is 864. The van der Waals surface area contributed by atoms with Crippen LogP contribution >= 0.6 is 22.7 Å². The molecule has 0 saturated heterocycles. The Morgan fingerprint density at radius 1 is 1.24 bits per heavy atom. The van der Waals surface area contributed by atoms with Gasteiger partial charge < -0.3 is 4.90 Å². The average molecular weight is 369 g/mol. The van der Waals surface area contributed by atoms with Crippen LogP contribution in [0, 0.1) is 5.92 Å². The third kappa shape index (κ3) is 3.39. The molecule has 1 aliphatic rings. The maximum Gasteiger partial charge on any atom is 0.226 e. The number of hydrogen-bond donors (Lipinski definition) is 0. The molecule has 0 N–H and O–H groups in total. The van der Waals surface area contributed by atoms with Crippen LogP contribution in [0.3, 0.4) is 0 Å². The molecule has 25 heavy (non-hydrogen) atoms. The predicted molar refractivity (Wildman–Crippen MR) is 105 cm³/mol. The number of para-hydroxylation sites is 1. The first-order valence-corrected chi connectivity index (χ1v) is 10.2. The van der Waals surface area contributed by atoms with E-state index >= 15 is 0 Å². The van der Waals surface area contributed by atoms with Gasteiger partial charge in [-0.1, -0.05) is 24.3 Å². The number of aromatic nitrogens is 1. The standard InChI is InChI=1S/C20H20N2OS2/c1-22(12-14-10-11-24-13-14)20(23)16-7-3-2-6-15(16)19-21-17-8-4-5-9-18(17)25-19/h2-5,8-11,13,15-16H,6-7,12H2,1H3/t15-,16+/m0/s1. The number of thiophene rings is 1. The van der Waals surface area contributed by atoms with Gasteiger partial charge in [-0.3, -0.25) is 4.79 Å². The Balaban J connectivity index is 1.58. The average Bonchev–Trinajstić information content (AvgIpc) is 3.30. The minimum absolute atomic E-state index is 0.0193. The molecule has 0 saturated carbocycles. The van der Waals surface area contributed by atoms with Crippen molar-refractivity contribution >= 4 is 38.8 Å². The summed E-state index contributed by atoms with van der Waals surface area (Å²) in [6.07, 6.45) is 6.03. The highest BCUT2D eigenvalue weighted by atomic mass is 32.1. The van der Waals surface area contributed by atoms with Crippen LogP contribution in [0.4, 0.5) is 0 Å². The summed E-state index contributed by atoms with van der Waals surface area (Å²) in [5, 5.41) is 5.25. The number of hydrogen-bond acceptors (Lipinski definition) is 4. The molecule has 1 aromatic carbocycles. The van der Waals surface area contributed by atoms with Crippen molar-refractivity contribution in [3.05, 3.63) is 63.8 Å². The zero-order valence-electron chi connectivity index (χ0n) is 14.1. The SMILES string of the molecule is CN(Cc1ccsc1)C(=O)[C@@H]1CC=CC[C@@H]1c1nc2ccccc2s1. The van der Waals surface area contributed by atoms with Crippen molar-refractivity contribution < 1.29 is 4.79 Å². The van der Waals surface area contributed by atoms with Gasteiger partial charge in [0.15, 0.2) is 0 Å². The Morgan fingerprint density at radius 2 is 2.08 bits per heavy atom. The molecule has 1 aliphatic carbocycles. The van der Waals surface area contributed by atoms with E-state index in [1.54, 1.807) is 22.7 Å². The van der Waals surface area contributed by atoms with E-state index in [9.17, 15) is 4.79 Å². The maximum absolute atomic E-state index is 13.1. The fourth-order valence-corrected chi connectivity index (χ4v) is 5.23. The highest BCUT2D eigenvalue weighted by Gasteiger charge is 2.33. The lowest BCUT2D eigenvalue weighted by molar-refractivity contribution is -0.135. The van der Waals surface area contributed by atoms with Crippen molar-refractivity contribution in [1.82, 2.24) is 9.88 Å². The topological polar surface area (TPSA) is 33.2 Å². The third-order valence-corrected chi connectivity index (χ3v) is 6.65. The number of carbonyl (C=O) groups excluding carboxylic acids is 1. The van der Waals surface area contributed by atoms with Gasteiger partial charge >= 0.3 is 0 Å². The molecular formula is C20H20N2OS2. The van der Waals surface area contributed by atoms with Gasteiger partial charge in [0.25, 0.3) is 0 Å². The number of nitrogens with zero attached hydrogens (tertiary/aromatic N) is 2. The number of fused-ring (bicyclic) bond motifs is 1. The van der Waals surface area contributed by atoms with Crippen LogP contribution in [0.5, 0.6) is 0 Å². The van der Waals surface area contributed by atoms with E-state index in [-0.39, 0.29) is 17.7 Å². The summed E-state index contributed by atoms with van der Waals surface area (Å²) in [4.78, 5) is 19.8. The van der Waals surface area contributed by atoms with Crippen LogP contribution in [0.25, 0.3) is 10.2 Å². The van der Waals surface area contributed by atoms with Gasteiger partial charge in [0.05, 0.1) is 21.1 Å². The normalized spacial score (nSPS) is 20.0. The first-order chi connectivity index (χ1) is 12.2. The zero-order valence-corrected chi connectivity index (χ0v) is 15.7. The maximum atomic E-state index is 13.1. The van der Waals surface area contributed by atoms with Gasteiger partial charge in [0, 0.05) is 19.5 Å². The smallest absolute Gasteiger partial charge is 0.226 e. The van der Waals surface area contributed by atoms with Crippen molar-refractivity contribution in [2.45, 2.75) is 25.3 Å². The first-order valence-electron chi connectivity index (χ1n) is 8.49. The molecule has 1 amide bonds. The molecule has 0 aliphatic heterocycles. The first kappa shape index (κ1) is 16.5. The molecule has 0 fully saturated rings. The van der Waals surface area contributed by atoms with Crippen molar-refractivity contribution in [3.63, 3.8) is 0 Å². The van der Waals surface area contributed by atoms with Crippen LogP contribution in [0.15, 0.2) is 53.2 Å². The number of amides is 1. The van der Waals surface area contributed by atoms with E-state index in [4.69, 9.17) is 4.98 Å². The highest BCUT2D eigenvalue weighted by molar-refractivity contribution is 7.18. The summed E-state index contributed by atoms with van der Waals surface area (Å²) in [5.74, 6) is 0.383. The van der Waals surface area contributed by atoms with E-state index < -0.39 is 0 Å². The second-order valence-corrected chi connectivity index (χ2v) is 8.34. The van der Waals surface area contributed by atoms with Gasteiger partial charge in [-0.2, -0.15) is 11.3 Å². The van der Waals surface area contributed by atoms with Crippen LogP contribution in [0.2, 0.25) is 0 Å². The van der Waals surface area contributed by atoms with E-state index in [1.165, 1.54) is 10.3 Å². The largest absolute Gasteiger partial charge is 0.341 e. The number of carbonyl (C=O) groups is 1. The van der Waals surface area contributed by atoms with Crippen molar-refractivity contribution in [3.8, 4) is 0 Å². The fourth-order valence-electron chi connectivity index (χ4n) is 3.43. The molecule has 0 spiro atoms. The molecular weight excluding hydrogens is 348 g/mol. The van der Waals surface area contributed by atoms with Gasteiger partial charge in [-0.15, -0.1) is 11.3 Å². The molecule has 2 atom stereocenters. The van der Waals surface area contributed by atoms with E-state index in [0.717, 1.165) is 23.4 Å². The number of benzene rings is 1. The summed E-state index contributed by atoms with van der Waals surface area (Å²) in [6.45, 7) is 0.676. The van der Waals surface area contributed by atoms with E-state index in [1.807, 2.05) is 30.1 Å². The highest BCUT2D eigenvalue weighted by Crippen LogP contribution is 2.39. The third-order valence-electron chi connectivity index (χ3n) is 4.75. The summed E-state index contributed by atoms with van der Waals surface area (Å²) in [5.41, 5.74) is 2.23. The summed E-state index contributed by atoms with van der Waals surface area (Å²) in [6, 6.07) is 10.3. The number of thiazole rings is 1. The minimum Gasteiger partial charge on any atom is -0.341 e. The summed E-state index contributed by atoms with van der Waals surface area (Å²) >= 11 is 3.40. The van der Waals surface area contributed by atoms with Gasteiger partial charge in [-0.25, -0.2) is 4.98 Å². The Labute approximate surface area is 155 Å². The van der Waals surface area contributed by atoms with Crippen LogP contribution in [0.1, 0.15) is 29.3 Å². The molecule has 0 unspecified atom stereocenters. The summed E-state index contributed by atoms with van der Waals surface area (Å²) in [7, 11) is 1.91. The van der Waals surface area contributed by atoms with Gasteiger partial charge in [-0.05, 0) is 47.4 Å². The van der Waals surface area contributed by atoms with Crippen LogP contribution in [-0.2, 0) is 11.3 Å². The van der Waals surface area contributed by atoms with Crippen molar-refractivity contribution in [2.24, 2.45) is 5.92 Å². The Morgan fingerprint density at radius 3 is 2.88 bits per heavy atom. The summed E-state index contributed by atoms with van der Waals surface area (Å²) < 4.78 is 1.20. The van der Waals surface area contributed by atoms with E-state index in [2.05, 4.69) is 35.0 Å². The fraction of sp³-hybridized carbons (Fsp3) is 0.300. The quantitative estimate of drug-likeness (QED) is 0.603. The molecule has 128 valence electrons. The molecule has 3 aromatic rings. The molecule has 5 heteroatoms. The molecule has 0 bridgehead atoms. The lowest BCUT2D eigenvalue weighted by Crippen LogP contribution is -2.36. The molecule has 0 radical (unpaired) electrons. The second-order valence-electron chi connectivity index (χ2n) is 6.50. The van der Waals surface area contributed by atoms with E-state index in [0.29, 0.717) is 6.54 Å². The van der Waals surface area contributed by atoms with Crippen molar-refractivity contribution in [2.75, 3.05) is 7.05 Å². The van der Waals surface area contributed by atoms with Crippen LogP contribution in [-0.4, -0.2) is 22.8 Å². The number of rotatable bonds is 4. The monoisotopic (exact) mass is 368 g/mol.